The molecule has 0 amide bonds. The van der Waals surface area contributed by atoms with Gasteiger partial charge in [0.1, 0.15) is 0 Å². The van der Waals surface area contributed by atoms with Crippen LogP contribution in [0.2, 0.25) is 0 Å². The highest BCUT2D eigenvalue weighted by atomic mass is 16.5. The zero-order chi connectivity index (χ0) is 27.3. The molecule has 1 atom stereocenters. The van der Waals surface area contributed by atoms with Crippen LogP contribution in [0, 0.1) is 0 Å². The van der Waals surface area contributed by atoms with Crippen molar-refractivity contribution in [1.82, 2.24) is 0 Å². The summed E-state index contributed by atoms with van der Waals surface area (Å²) in [7, 11) is 0. The highest BCUT2D eigenvalue weighted by molar-refractivity contribution is 5.69. The van der Waals surface area contributed by atoms with Crippen molar-refractivity contribution in [3.63, 3.8) is 0 Å². The molecule has 1 unspecified atom stereocenters. The molecule has 0 fully saturated rings. The van der Waals surface area contributed by atoms with Gasteiger partial charge in [0.25, 0.3) is 0 Å². The Labute approximate surface area is 222 Å². The Morgan fingerprint density at radius 2 is 0.861 bits per heavy atom. The highest BCUT2D eigenvalue weighted by Crippen LogP contribution is 2.12. The lowest BCUT2D eigenvalue weighted by Crippen LogP contribution is -2.14. The number of hydrogen-bond acceptors (Lipinski definition) is 4. The molecule has 0 saturated carbocycles. The maximum absolute atomic E-state index is 11.5. The molecule has 0 aliphatic rings. The number of unbranched alkanes of at least 4 members (excludes halogenated alkanes) is 16. The average molecular weight is 515 g/mol. The summed E-state index contributed by atoms with van der Waals surface area (Å²) >= 11 is 0. The van der Waals surface area contributed by atoms with Gasteiger partial charge in [0.15, 0.2) is 0 Å². The van der Waals surface area contributed by atoms with Gasteiger partial charge in [-0.3, -0.25) is 14.4 Å². The number of rotatable bonds is 25. The molecule has 0 aliphatic carbocycles. The van der Waals surface area contributed by atoms with Gasteiger partial charge in [0, 0.05) is 19.3 Å². The Bertz CT molecular complexity index is 506. The topological polar surface area (TPSA) is 101 Å². The fourth-order valence-electron chi connectivity index (χ4n) is 4.03. The molecule has 0 rings (SSSR count). The van der Waals surface area contributed by atoms with Crippen LogP contribution in [0.3, 0.4) is 0 Å². The highest BCUT2D eigenvalue weighted by Gasteiger charge is 2.08. The summed E-state index contributed by atoms with van der Waals surface area (Å²) in [5, 5.41) is 16.9. The van der Waals surface area contributed by atoms with E-state index in [1.165, 1.54) is 57.8 Å². The minimum absolute atomic E-state index is 0.0402. The molecule has 0 aromatic carbocycles. The van der Waals surface area contributed by atoms with Crippen LogP contribution in [0.5, 0.6) is 0 Å². The first-order valence-electron chi connectivity index (χ1n) is 15.0. The van der Waals surface area contributed by atoms with Gasteiger partial charge >= 0.3 is 17.9 Å². The van der Waals surface area contributed by atoms with Crippen molar-refractivity contribution < 1.29 is 29.3 Å². The second-order valence-electron chi connectivity index (χ2n) is 10.1. The van der Waals surface area contributed by atoms with Crippen molar-refractivity contribution in [2.75, 3.05) is 0 Å². The van der Waals surface area contributed by atoms with Crippen LogP contribution in [0.1, 0.15) is 168 Å². The third-order valence-electron chi connectivity index (χ3n) is 6.31. The van der Waals surface area contributed by atoms with Gasteiger partial charge in [-0.2, -0.15) is 0 Å². The minimum atomic E-state index is -0.718. The van der Waals surface area contributed by atoms with Crippen LogP contribution >= 0.6 is 0 Å². The SMILES string of the molecule is CCCCC(C)OC(=O)CCCCCCCCC(=O)O.CCCCCCCCCCCCCC(=O)O. The standard InChI is InChI=1S/C16H30O4.C14H28O2/c1-3-4-11-14(2)20-16(19)13-10-8-6-5-7-9-12-15(17)18;1-2-3-4-5-6-7-8-9-10-11-12-13-14(15)16/h14H,3-13H2,1-2H3,(H,17,18);2-13H2,1H3,(H,15,16). The maximum atomic E-state index is 11.5. The number of carboxylic acids is 2. The number of carbonyl (C=O) groups is 3. The molecular weight excluding hydrogens is 456 g/mol. The average Bonchev–Trinajstić information content (AvgIpc) is 2.83. The first-order chi connectivity index (χ1) is 17.3. The zero-order valence-electron chi connectivity index (χ0n) is 23.9. The molecular formula is C30H58O6. The number of hydrogen-bond donors (Lipinski definition) is 2. The molecule has 0 saturated heterocycles. The van der Waals surface area contributed by atoms with Crippen molar-refractivity contribution >= 4 is 17.9 Å². The third kappa shape index (κ3) is 34.6. The lowest BCUT2D eigenvalue weighted by Gasteiger charge is -2.12. The Kier molecular flexibility index (Phi) is 30.1. The van der Waals surface area contributed by atoms with Gasteiger partial charge < -0.3 is 14.9 Å². The maximum Gasteiger partial charge on any atom is 0.306 e. The third-order valence-corrected chi connectivity index (χ3v) is 6.31. The van der Waals surface area contributed by atoms with Crippen LogP contribution < -0.4 is 0 Å². The van der Waals surface area contributed by atoms with Gasteiger partial charge in [-0.25, -0.2) is 0 Å². The molecule has 6 heteroatoms. The normalized spacial score (nSPS) is 11.4. The van der Waals surface area contributed by atoms with Crippen molar-refractivity contribution in [1.29, 1.82) is 0 Å². The first kappa shape index (κ1) is 36.6. The van der Waals surface area contributed by atoms with E-state index >= 15 is 0 Å². The molecule has 0 aromatic rings. The van der Waals surface area contributed by atoms with Crippen molar-refractivity contribution in [3.8, 4) is 0 Å². The fraction of sp³-hybridized carbons (Fsp3) is 0.900. The fourth-order valence-corrected chi connectivity index (χ4v) is 4.03. The van der Waals surface area contributed by atoms with E-state index in [9.17, 15) is 14.4 Å². The molecule has 2 N–H and O–H groups in total. The van der Waals surface area contributed by atoms with Crippen LogP contribution in [0.25, 0.3) is 0 Å². The predicted molar refractivity (Wildman–Crippen MR) is 148 cm³/mol. The van der Waals surface area contributed by atoms with Gasteiger partial charge in [-0.1, -0.05) is 117 Å². The van der Waals surface area contributed by atoms with Gasteiger partial charge in [0.2, 0.25) is 0 Å². The van der Waals surface area contributed by atoms with Crippen LogP contribution in [-0.2, 0) is 19.1 Å². The summed E-state index contributed by atoms with van der Waals surface area (Å²) in [6.45, 7) is 6.33. The van der Waals surface area contributed by atoms with Gasteiger partial charge in [-0.15, -0.1) is 0 Å². The molecule has 0 aliphatic heterocycles. The predicted octanol–water partition coefficient (Wildman–Crippen LogP) is 9.09. The van der Waals surface area contributed by atoms with Crippen molar-refractivity contribution in [3.05, 3.63) is 0 Å². The zero-order valence-corrected chi connectivity index (χ0v) is 23.9. The summed E-state index contributed by atoms with van der Waals surface area (Å²) in [4.78, 5) is 32.1. The van der Waals surface area contributed by atoms with Crippen LogP contribution in [-0.4, -0.2) is 34.2 Å². The smallest absolute Gasteiger partial charge is 0.306 e. The minimum Gasteiger partial charge on any atom is -0.481 e. The van der Waals surface area contributed by atoms with Gasteiger partial charge in [-0.05, 0) is 32.6 Å². The molecule has 0 bridgehead atoms. The Morgan fingerprint density at radius 3 is 1.22 bits per heavy atom. The monoisotopic (exact) mass is 514 g/mol. The number of aliphatic carboxylic acids is 2. The molecule has 0 heterocycles. The Morgan fingerprint density at radius 1 is 0.528 bits per heavy atom. The molecule has 0 radical (unpaired) electrons. The summed E-state index contributed by atoms with van der Waals surface area (Å²) in [6.07, 6.45) is 24.1. The van der Waals surface area contributed by atoms with E-state index < -0.39 is 11.9 Å². The van der Waals surface area contributed by atoms with Gasteiger partial charge in [0.05, 0.1) is 6.10 Å². The van der Waals surface area contributed by atoms with Crippen LogP contribution in [0.15, 0.2) is 0 Å². The number of carbonyl (C=O) groups excluding carboxylic acids is 1. The largest absolute Gasteiger partial charge is 0.481 e. The van der Waals surface area contributed by atoms with Crippen molar-refractivity contribution in [2.45, 2.75) is 175 Å². The van der Waals surface area contributed by atoms with E-state index in [2.05, 4.69) is 13.8 Å². The molecule has 0 aromatic heterocycles. The Balaban J connectivity index is 0. The molecule has 0 spiro atoms. The van der Waals surface area contributed by atoms with E-state index in [0.717, 1.165) is 70.6 Å². The van der Waals surface area contributed by atoms with E-state index in [4.69, 9.17) is 14.9 Å². The molecule has 6 nitrogen and oxygen atoms in total. The summed E-state index contributed by atoms with van der Waals surface area (Å²) in [5.41, 5.74) is 0. The summed E-state index contributed by atoms with van der Waals surface area (Å²) in [6, 6.07) is 0. The Hall–Kier alpha value is -1.59. The number of carboxylic acid groups (broad SMARTS) is 2. The van der Waals surface area contributed by atoms with E-state index in [0.29, 0.717) is 12.8 Å². The second-order valence-corrected chi connectivity index (χ2v) is 10.1. The quantitative estimate of drug-likeness (QED) is 0.0930. The lowest BCUT2D eigenvalue weighted by atomic mass is 10.1. The first-order valence-corrected chi connectivity index (χ1v) is 15.0. The lowest BCUT2D eigenvalue weighted by molar-refractivity contribution is -0.148. The second kappa shape index (κ2) is 29.6. The summed E-state index contributed by atoms with van der Waals surface area (Å²) in [5.74, 6) is -1.46. The van der Waals surface area contributed by atoms with Crippen molar-refractivity contribution in [2.24, 2.45) is 0 Å². The summed E-state index contributed by atoms with van der Waals surface area (Å²) < 4.78 is 5.32. The van der Waals surface area contributed by atoms with E-state index in [-0.39, 0.29) is 18.5 Å². The number of esters is 1. The molecule has 214 valence electrons. The van der Waals surface area contributed by atoms with Crippen LogP contribution in [0.4, 0.5) is 0 Å². The van der Waals surface area contributed by atoms with E-state index in [1.807, 2.05) is 6.92 Å². The molecule has 36 heavy (non-hydrogen) atoms. The van der Waals surface area contributed by atoms with E-state index in [1.54, 1.807) is 0 Å². The number of ether oxygens (including phenoxy) is 1.